The Hall–Kier alpha value is -4.47. The minimum absolute atomic E-state index is 0.00484. The van der Waals surface area contributed by atoms with E-state index in [1.54, 1.807) is 12.1 Å². The van der Waals surface area contributed by atoms with Crippen LogP contribution in [0.4, 0.5) is 14.9 Å². The SMILES string of the molecule is COc1cc([C@@H]2c3cc4c(cc3C[C@H]3COC(=O)[C@@H]32)OCO4)cc(OC)c1OC(=O)Nc1ccc(F)cc1. The molecule has 0 saturated carbocycles. The summed E-state index contributed by atoms with van der Waals surface area (Å²) < 4.78 is 46.6. The second-order valence-corrected chi connectivity index (χ2v) is 9.28. The molecule has 38 heavy (non-hydrogen) atoms. The first-order chi connectivity index (χ1) is 18.4. The number of benzene rings is 3. The summed E-state index contributed by atoms with van der Waals surface area (Å²) in [4.78, 5) is 25.5. The van der Waals surface area contributed by atoms with Gasteiger partial charge in [0.15, 0.2) is 23.0 Å². The molecule has 0 aromatic heterocycles. The van der Waals surface area contributed by atoms with Gasteiger partial charge in [-0.05, 0) is 71.6 Å². The first kappa shape index (κ1) is 23.9. The molecule has 2 aliphatic heterocycles. The Morgan fingerprint density at radius 3 is 2.34 bits per heavy atom. The summed E-state index contributed by atoms with van der Waals surface area (Å²) in [6.45, 7) is 0.484. The summed E-state index contributed by atoms with van der Waals surface area (Å²) in [5.41, 5.74) is 3.07. The number of cyclic esters (lactones) is 1. The van der Waals surface area contributed by atoms with Crippen LogP contribution >= 0.6 is 0 Å². The number of halogens is 1. The zero-order valence-electron chi connectivity index (χ0n) is 20.6. The van der Waals surface area contributed by atoms with Gasteiger partial charge in [-0.2, -0.15) is 0 Å². The zero-order valence-corrected chi connectivity index (χ0v) is 20.6. The lowest BCUT2D eigenvalue weighted by Crippen LogP contribution is -2.31. The minimum Gasteiger partial charge on any atom is -0.493 e. The van der Waals surface area contributed by atoms with Gasteiger partial charge in [-0.25, -0.2) is 9.18 Å². The number of methoxy groups -OCH3 is 2. The van der Waals surface area contributed by atoms with Crippen molar-refractivity contribution in [2.45, 2.75) is 12.3 Å². The summed E-state index contributed by atoms with van der Waals surface area (Å²) in [6, 6.07) is 12.6. The van der Waals surface area contributed by atoms with E-state index in [-0.39, 0.29) is 41.8 Å². The highest BCUT2D eigenvalue weighted by Crippen LogP contribution is 2.52. The molecule has 0 bridgehead atoms. The fourth-order valence-electron chi connectivity index (χ4n) is 5.45. The summed E-state index contributed by atoms with van der Waals surface area (Å²) in [7, 11) is 2.89. The van der Waals surface area contributed by atoms with Crippen LogP contribution in [0.1, 0.15) is 22.6 Å². The minimum atomic E-state index is -0.809. The molecule has 0 unspecified atom stereocenters. The number of carbonyl (C=O) groups is 2. The Bertz CT molecular complexity index is 1400. The van der Waals surface area contributed by atoms with E-state index in [1.165, 1.54) is 38.5 Å². The van der Waals surface area contributed by atoms with Crippen LogP contribution in [0.25, 0.3) is 0 Å². The van der Waals surface area contributed by atoms with Crippen molar-refractivity contribution >= 4 is 17.7 Å². The number of rotatable bonds is 5. The van der Waals surface area contributed by atoms with Crippen molar-refractivity contribution in [3.63, 3.8) is 0 Å². The van der Waals surface area contributed by atoms with E-state index in [2.05, 4.69) is 5.32 Å². The molecular formula is C28H24FNO8. The monoisotopic (exact) mass is 521 g/mol. The van der Waals surface area contributed by atoms with Crippen molar-refractivity contribution in [1.82, 2.24) is 0 Å². The Kier molecular flexibility index (Phi) is 5.94. The number of hydrogen-bond donors (Lipinski definition) is 1. The highest BCUT2D eigenvalue weighted by atomic mass is 19.1. The Labute approximate surface area is 217 Å². The van der Waals surface area contributed by atoms with Crippen molar-refractivity contribution in [3.8, 4) is 28.7 Å². The van der Waals surface area contributed by atoms with Gasteiger partial charge >= 0.3 is 12.1 Å². The lowest BCUT2D eigenvalue weighted by atomic mass is 9.67. The van der Waals surface area contributed by atoms with E-state index in [4.69, 9.17) is 28.4 Å². The molecule has 0 spiro atoms. The van der Waals surface area contributed by atoms with E-state index in [0.717, 1.165) is 16.7 Å². The second kappa shape index (κ2) is 9.44. The predicted octanol–water partition coefficient (Wildman–Crippen LogP) is 4.66. The normalized spacial score (nSPS) is 20.7. The smallest absolute Gasteiger partial charge is 0.417 e. The molecule has 3 atom stereocenters. The fraction of sp³-hybridized carbons (Fsp3) is 0.286. The first-order valence-electron chi connectivity index (χ1n) is 12.0. The highest BCUT2D eigenvalue weighted by molar-refractivity contribution is 5.87. The van der Waals surface area contributed by atoms with Crippen LogP contribution in [0.5, 0.6) is 28.7 Å². The molecule has 3 aromatic carbocycles. The van der Waals surface area contributed by atoms with Crippen LogP contribution < -0.4 is 29.0 Å². The molecule has 1 aliphatic carbocycles. The quantitative estimate of drug-likeness (QED) is 0.484. The molecule has 2 heterocycles. The van der Waals surface area contributed by atoms with Crippen LogP contribution in [0, 0.1) is 17.7 Å². The lowest BCUT2D eigenvalue weighted by Gasteiger charge is -2.34. The van der Waals surface area contributed by atoms with Crippen molar-refractivity contribution in [3.05, 3.63) is 71.0 Å². The van der Waals surface area contributed by atoms with Crippen LogP contribution in [0.15, 0.2) is 48.5 Å². The molecule has 196 valence electrons. The van der Waals surface area contributed by atoms with Gasteiger partial charge in [-0.3, -0.25) is 10.1 Å². The van der Waals surface area contributed by atoms with Crippen LogP contribution in [-0.4, -0.2) is 39.7 Å². The molecule has 6 rings (SSSR count). The molecule has 0 radical (unpaired) electrons. The Morgan fingerprint density at radius 2 is 1.66 bits per heavy atom. The molecule has 1 amide bonds. The third-order valence-electron chi connectivity index (χ3n) is 7.16. The second-order valence-electron chi connectivity index (χ2n) is 9.28. The van der Waals surface area contributed by atoms with Gasteiger partial charge in [0.1, 0.15) is 5.82 Å². The highest BCUT2D eigenvalue weighted by Gasteiger charge is 2.48. The van der Waals surface area contributed by atoms with Crippen molar-refractivity contribution < 1.29 is 42.4 Å². The molecule has 1 fully saturated rings. The number of nitrogens with one attached hydrogen (secondary N) is 1. The van der Waals surface area contributed by atoms with Gasteiger partial charge < -0.3 is 28.4 Å². The number of hydrogen-bond acceptors (Lipinski definition) is 8. The summed E-state index contributed by atoms with van der Waals surface area (Å²) in [6.07, 6.45) is -0.131. The largest absolute Gasteiger partial charge is 0.493 e. The average molecular weight is 521 g/mol. The number of fused-ring (bicyclic) bond motifs is 3. The zero-order chi connectivity index (χ0) is 26.4. The third-order valence-corrected chi connectivity index (χ3v) is 7.16. The summed E-state index contributed by atoms with van der Waals surface area (Å²) >= 11 is 0. The average Bonchev–Trinajstić information content (AvgIpc) is 3.53. The van der Waals surface area contributed by atoms with Gasteiger partial charge in [0.25, 0.3) is 0 Å². The number of carbonyl (C=O) groups excluding carboxylic acids is 2. The molecule has 9 nitrogen and oxygen atoms in total. The summed E-state index contributed by atoms with van der Waals surface area (Å²) in [5, 5.41) is 2.55. The maximum atomic E-state index is 13.2. The number of esters is 1. The molecule has 3 aromatic rings. The van der Waals surface area contributed by atoms with E-state index < -0.39 is 17.8 Å². The number of anilines is 1. The van der Waals surface area contributed by atoms with Crippen LogP contribution in [-0.2, 0) is 16.0 Å². The molecular weight excluding hydrogens is 497 g/mol. The molecule has 3 aliphatic rings. The fourth-order valence-corrected chi connectivity index (χ4v) is 5.45. The van der Waals surface area contributed by atoms with Gasteiger partial charge in [-0.15, -0.1) is 0 Å². The molecule has 1 N–H and O–H groups in total. The maximum absolute atomic E-state index is 13.2. The predicted molar refractivity (Wildman–Crippen MR) is 132 cm³/mol. The first-order valence-corrected chi connectivity index (χ1v) is 12.0. The van der Waals surface area contributed by atoms with Crippen LogP contribution in [0.3, 0.4) is 0 Å². The maximum Gasteiger partial charge on any atom is 0.417 e. The molecule has 1 saturated heterocycles. The van der Waals surface area contributed by atoms with Gasteiger partial charge in [-0.1, -0.05) is 0 Å². The van der Waals surface area contributed by atoms with Crippen molar-refractivity contribution in [1.29, 1.82) is 0 Å². The van der Waals surface area contributed by atoms with Gasteiger partial charge in [0.05, 0.1) is 26.7 Å². The Balaban J connectivity index is 1.39. The Morgan fingerprint density at radius 1 is 0.974 bits per heavy atom. The van der Waals surface area contributed by atoms with E-state index in [0.29, 0.717) is 30.2 Å². The van der Waals surface area contributed by atoms with E-state index in [1.807, 2.05) is 12.1 Å². The topological polar surface area (TPSA) is 102 Å². The van der Waals surface area contributed by atoms with E-state index in [9.17, 15) is 14.0 Å². The van der Waals surface area contributed by atoms with E-state index >= 15 is 0 Å². The number of ether oxygens (including phenoxy) is 6. The summed E-state index contributed by atoms with van der Waals surface area (Å²) in [5.74, 6) is 0.357. The third kappa shape index (κ3) is 4.11. The van der Waals surface area contributed by atoms with Crippen molar-refractivity contribution in [2.75, 3.05) is 32.9 Å². The number of amides is 1. The standard InChI is InChI=1S/C28H24FNO8/c1-33-22-9-15(10-23(34-2)26(22)38-28(32)30-18-5-3-17(29)4-6-18)24-19-11-21-20(36-13-37-21)8-14(19)7-16-12-35-27(31)25(16)24/h3-6,8-11,16,24-25H,7,12-13H2,1-2H3,(H,30,32)/t16-,24+,25-/m0/s1. The molecule has 10 heteroatoms. The van der Waals surface area contributed by atoms with Gasteiger partial charge in [0.2, 0.25) is 12.5 Å². The lowest BCUT2D eigenvalue weighted by molar-refractivity contribution is -0.141. The van der Waals surface area contributed by atoms with Gasteiger partial charge in [0, 0.05) is 17.5 Å². The van der Waals surface area contributed by atoms with Crippen LogP contribution in [0.2, 0.25) is 0 Å². The van der Waals surface area contributed by atoms with Crippen molar-refractivity contribution in [2.24, 2.45) is 11.8 Å².